The molecule has 1 N–H and O–H groups in total. The lowest BCUT2D eigenvalue weighted by atomic mass is 9.91. The first kappa shape index (κ1) is 14.5. The molecule has 2 nitrogen and oxygen atoms in total. The molecule has 0 spiro atoms. The highest BCUT2D eigenvalue weighted by molar-refractivity contribution is 5.23. The Morgan fingerprint density at radius 3 is 2.53 bits per heavy atom. The van der Waals surface area contributed by atoms with Gasteiger partial charge in [0.05, 0.1) is 0 Å². The van der Waals surface area contributed by atoms with Crippen LogP contribution >= 0.6 is 0 Å². The molecule has 0 aromatic heterocycles. The highest BCUT2D eigenvalue weighted by Crippen LogP contribution is 2.21. The van der Waals surface area contributed by atoms with Crippen molar-refractivity contribution in [2.75, 3.05) is 20.1 Å². The van der Waals surface area contributed by atoms with Crippen LogP contribution in [0.25, 0.3) is 0 Å². The molecule has 0 saturated carbocycles. The standard InChI is InChI=1S/C17H28N2/c1-13-7-9-16(10-8-13)14(2)18-15(3)17-6-5-11-19(4)12-17/h7-10,14-15,17-18H,5-6,11-12H2,1-4H3/t14-,15?,17?/m0/s1. The SMILES string of the molecule is Cc1ccc([C@H](C)NC(C)C2CCCN(C)C2)cc1. The van der Waals surface area contributed by atoms with Crippen molar-refractivity contribution in [3.05, 3.63) is 35.4 Å². The summed E-state index contributed by atoms with van der Waals surface area (Å²) in [5.74, 6) is 0.784. The minimum absolute atomic E-state index is 0.433. The molecular weight excluding hydrogens is 232 g/mol. The monoisotopic (exact) mass is 260 g/mol. The summed E-state index contributed by atoms with van der Waals surface area (Å²) in [6.07, 6.45) is 2.70. The van der Waals surface area contributed by atoms with Crippen molar-refractivity contribution in [1.82, 2.24) is 10.2 Å². The molecule has 19 heavy (non-hydrogen) atoms. The number of aryl methyl sites for hydroxylation is 1. The largest absolute Gasteiger partial charge is 0.307 e. The zero-order valence-corrected chi connectivity index (χ0v) is 12.8. The van der Waals surface area contributed by atoms with E-state index < -0.39 is 0 Å². The molecular formula is C17H28N2. The summed E-state index contributed by atoms with van der Waals surface area (Å²) in [4.78, 5) is 2.46. The molecule has 2 rings (SSSR count). The van der Waals surface area contributed by atoms with Gasteiger partial charge in [-0.05, 0) is 58.7 Å². The summed E-state index contributed by atoms with van der Waals surface area (Å²) < 4.78 is 0. The van der Waals surface area contributed by atoms with Crippen molar-refractivity contribution in [3.63, 3.8) is 0 Å². The van der Waals surface area contributed by atoms with Gasteiger partial charge in [-0.15, -0.1) is 0 Å². The Balaban J connectivity index is 1.90. The van der Waals surface area contributed by atoms with E-state index in [2.05, 4.69) is 62.3 Å². The Morgan fingerprint density at radius 1 is 1.21 bits per heavy atom. The number of hydrogen-bond acceptors (Lipinski definition) is 2. The van der Waals surface area contributed by atoms with Crippen LogP contribution in [0, 0.1) is 12.8 Å². The third-order valence-corrected chi connectivity index (χ3v) is 4.46. The molecule has 2 heteroatoms. The van der Waals surface area contributed by atoms with Crippen LogP contribution in [-0.4, -0.2) is 31.1 Å². The molecule has 0 aliphatic carbocycles. The van der Waals surface area contributed by atoms with E-state index >= 15 is 0 Å². The van der Waals surface area contributed by atoms with Gasteiger partial charge < -0.3 is 10.2 Å². The van der Waals surface area contributed by atoms with E-state index in [0.29, 0.717) is 12.1 Å². The molecule has 106 valence electrons. The predicted octanol–water partition coefficient (Wildman–Crippen LogP) is 3.38. The Morgan fingerprint density at radius 2 is 1.89 bits per heavy atom. The number of rotatable bonds is 4. The van der Waals surface area contributed by atoms with Crippen LogP contribution in [0.15, 0.2) is 24.3 Å². The number of hydrogen-bond donors (Lipinski definition) is 1. The lowest BCUT2D eigenvalue weighted by Gasteiger charge is -2.35. The van der Waals surface area contributed by atoms with Gasteiger partial charge in [0.2, 0.25) is 0 Å². The summed E-state index contributed by atoms with van der Waals surface area (Å²) in [7, 11) is 2.24. The maximum atomic E-state index is 3.78. The van der Waals surface area contributed by atoms with E-state index in [4.69, 9.17) is 0 Å². The molecule has 1 heterocycles. The summed E-state index contributed by atoms with van der Waals surface area (Å²) in [6, 6.07) is 9.90. The van der Waals surface area contributed by atoms with E-state index in [1.807, 2.05) is 0 Å². The van der Waals surface area contributed by atoms with Crippen LogP contribution in [0.1, 0.15) is 43.9 Å². The van der Waals surface area contributed by atoms with Crippen LogP contribution in [0.5, 0.6) is 0 Å². The third-order valence-electron chi connectivity index (χ3n) is 4.46. The predicted molar refractivity (Wildman–Crippen MR) is 82.4 cm³/mol. The van der Waals surface area contributed by atoms with Gasteiger partial charge in [-0.3, -0.25) is 0 Å². The van der Waals surface area contributed by atoms with E-state index in [1.165, 1.54) is 37.1 Å². The van der Waals surface area contributed by atoms with Crippen molar-refractivity contribution in [2.24, 2.45) is 5.92 Å². The smallest absolute Gasteiger partial charge is 0.0294 e. The van der Waals surface area contributed by atoms with E-state index in [1.54, 1.807) is 0 Å². The number of nitrogens with zero attached hydrogens (tertiary/aromatic N) is 1. The van der Waals surface area contributed by atoms with Gasteiger partial charge >= 0.3 is 0 Å². The van der Waals surface area contributed by atoms with Crippen molar-refractivity contribution in [3.8, 4) is 0 Å². The lowest BCUT2D eigenvalue weighted by Crippen LogP contribution is -2.43. The Hall–Kier alpha value is -0.860. The van der Waals surface area contributed by atoms with Crippen LogP contribution in [-0.2, 0) is 0 Å². The van der Waals surface area contributed by atoms with Gasteiger partial charge in [0.15, 0.2) is 0 Å². The summed E-state index contributed by atoms with van der Waals surface area (Å²) in [5.41, 5.74) is 2.72. The van der Waals surface area contributed by atoms with Gasteiger partial charge in [-0.25, -0.2) is 0 Å². The number of likely N-dealkylation sites (tertiary alicyclic amines) is 1. The van der Waals surface area contributed by atoms with Crippen molar-refractivity contribution >= 4 is 0 Å². The molecule has 1 fully saturated rings. The normalized spacial score (nSPS) is 24.1. The van der Waals surface area contributed by atoms with Gasteiger partial charge in [0.1, 0.15) is 0 Å². The van der Waals surface area contributed by atoms with E-state index in [9.17, 15) is 0 Å². The van der Waals surface area contributed by atoms with Gasteiger partial charge in [-0.2, -0.15) is 0 Å². The fourth-order valence-electron chi connectivity index (χ4n) is 3.10. The first-order valence-electron chi connectivity index (χ1n) is 7.57. The van der Waals surface area contributed by atoms with Crippen LogP contribution in [0.2, 0.25) is 0 Å². The number of benzene rings is 1. The summed E-state index contributed by atoms with van der Waals surface area (Å²) in [5, 5.41) is 3.78. The second-order valence-electron chi connectivity index (χ2n) is 6.25. The molecule has 1 aliphatic rings. The minimum atomic E-state index is 0.433. The van der Waals surface area contributed by atoms with Crippen LogP contribution in [0.4, 0.5) is 0 Å². The number of nitrogens with one attached hydrogen (secondary N) is 1. The Bertz CT molecular complexity index is 385. The van der Waals surface area contributed by atoms with Gasteiger partial charge in [0, 0.05) is 18.6 Å². The van der Waals surface area contributed by atoms with Crippen LogP contribution in [0.3, 0.4) is 0 Å². The molecule has 0 amide bonds. The second-order valence-corrected chi connectivity index (χ2v) is 6.25. The van der Waals surface area contributed by atoms with Crippen molar-refractivity contribution in [2.45, 2.75) is 45.7 Å². The number of piperidine rings is 1. The fraction of sp³-hybridized carbons (Fsp3) is 0.647. The van der Waals surface area contributed by atoms with Crippen LogP contribution < -0.4 is 5.32 Å². The highest BCUT2D eigenvalue weighted by atomic mass is 15.1. The second kappa shape index (κ2) is 6.53. The molecule has 0 radical (unpaired) electrons. The summed E-state index contributed by atoms with van der Waals surface area (Å²) >= 11 is 0. The Labute approximate surface area is 118 Å². The quantitative estimate of drug-likeness (QED) is 0.893. The first-order valence-corrected chi connectivity index (χ1v) is 7.57. The van der Waals surface area contributed by atoms with E-state index in [-0.39, 0.29) is 0 Å². The molecule has 3 atom stereocenters. The van der Waals surface area contributed by atoms with Gasteiger partial charge in [0.25, 0.3) is 0 Å². The molecule has 1 saturated heterocycles. The first-order chi connectivity index (χ1) is 9.06. The van der Waals surface area contributed by atoms with Crippen molar-refractivity contribution < 1.29 is 0 Å². The molecule has 0 bridgehead atoms. The zero-order chi connectivity index (χ0) is 13.8. The maximum Gasteiger partial charge on any atom is 0.0294 e. The molecule has 2 unspecified atom stereocenters. The molecule has 1 aromatic rings. The van der Waals surface area contributed by atoms with Gasteiger partial charge in [-0.1, -0.05) is 29.8 Å². The molecule has 1 aromatic carbocycles. The zero-order valence-electron chi connectivity index (χ0n) is 12.8. The lowest BCUT2D eigenvalue weighted by molar-refractivity contribution is 0.174. The fourth-order valence-corrected chi connectivity index (χ4v) is 3.10. The summed E-state index contributed by atoms with van der Waals surface area (Å²) in [6.45, 7) is 9.25. The highest BCUT2D eigenvalue weighted by Gasteiger charge is 2.23. The average molecular weight is 260 g/mol. The minimum Gasteiger partial charge on any atom is -0.307 e. The Kier molecular flexibility index (Phi) is 5.00. The molecule has 1 aliphatic heterocycles. The topological polar surface area (TPSA) is 15.3 Å². The average Bonchev–Trinajstić information content (AvgIpc) is 2.39. The maximum absolute atomic E-state index is 3.78. The third kappa shape index (κ3) is 4.05. The van der Waals surface area contributed by atoms with Crippen molar-refractivity contribution in [1.29, 1.82) is 0 Å². The van der Waals surface area contributed by atoms with E-state index in [0.717, 1.165) is 5.92 Å².